The third-order valence-corrected chi connectivity index (χ3v) is 5.84. The second-order valence-corrected chi connectivity index (χ2v) is 7.38. The van der Waals surface area contributed by atoms with Gasteiger partial charge in [-0.25, -0.2) is 0 Å². The molecule has 0 radical (unpaired) electrons. The molecule has 22 heavy (non-hydrogen) atoms. The number of carbonyl (C=O) groups is 1. The molecule has 3 fully saturated rings. The van der Waals surface area contributed by atoms with Crippen molar-refractivity contribution in [1.29, 1.82) is 0 Å². The van der Waals surface area contributed by atoms with Crippen LogP contribution in [0.4, 0.5) is 0 Å². The van der Waals surface area contributed by atoms with Crippen LogP contribution in [-0.4, -0.2) is 48.7 Å². The minimum Gasteiger partial charge on any atom is -0.368 e. The van der Waals surface area contributed by atoms with E-state index in [2.05, 4.69) is 12.2 Å². The van der Waals surface area contributed by atoms with Gasteiger partial charge in [0, 0.05) is 25.2 Å². The number of ether oxygens (including phenoxy) is 1. The SMILES string of the molecule is CC1CCCCC1OCC(=O)N(C)C1CC2CCC(C1)N2.Cl. The van der Waals surface area contributed by atoms with E-state index < -0.39 is 0 Å². The van der Waals surface area contributed by atoms with Gasteiger partial charge in [-0.2, -0.15) is 0 Å². The van der Waals surface area contributed by atoms with Gasteiger partial charge in [0.1, 0.15) is 6.61 Å². The largest absolute Gasteiger partial charge is 0.368 e. The summed E-state index contributed by atoms with van der Waals surface area (Å²) in [4.78, 5) is 14.4. The van der Waals surface area contributed by atoms with Crippen molar-refractivity contribution < 1.29 is 9.53 Å². The molecule has 3 rings (SSSR count). The maximum Gasteiger partial charge on any atom is 0.248 e. The molecule has 2 aliphatic heterocycles. The van der Waals surface area contributed by atoms with Crippen LogP contribution in [0.1, 0.15) is 58.3 Å². The Morgan fingerprint density at radius 3 is 2.41 bits per heavy atom. The Morgan fingerprint density at radius 2 is 1.77 bits per heavy atom. The molecule has 1 saturated carbocycles. The summed E-state index contributed by atoms with van der Waals surface area (Å²) in [7, 11) is 1.96. The number of rotatable bonds is 4. The minimum atomic E-state index is 0. The first-order valence-electron chi connectivity index (χ1n) is 8.77. The molecule has 0 aromatic carbocycles. The summed E-state index contributed by atoms with van der Waals surface area (Å²) in [6.45, 7) is 2.52. The number of fused-ring (bicyclic) bond motifs is 2. The van der Waals surface area contributed by atoms with Crippen molar-refractivity contribution in [2.45, 2.75) is 82.5 Å². The minimum absolute atomic E-state index is 0. The molecule has 1 aliphatic carbocycles. The second-order valence-electron chi connectivity index (χ2n) is 7.38. The summed E-state index contributed by atoms with van der Waals surface area (Å²) in [6, 6.07) is 1.66. The number of nitrogens with zero attached hydrogens (tertiary/aromatic N) is 1. The Morgan fingerprint density at radius 1 is 1.14 bits per heavy atom. The zero-order valence-corrected chi connectivity index (χ0v) is 14.7. The molecule has 0 spiro atoms. The van der Waals surface area contributed by atoms with E-state index in [1.165, 1.54) is 32.1 Å². The molecule has 5 heteroatoms. The van der Waals surface area contributed by atoms with Crippen LogP contribution in [0.25, 0.3) is 0 Å². The van der Waals surface area contributed by atoms with Crippen molar-refractivity contribution in [2.75, 3.05) is 13.7 Å². The zero-order chi connectivity index (χ0) is 14.8. The summed E-state index contributed by atoms with van der Waals surface area (Å²) in [5, 5.41) is 3.63. The van der Waals surface area contributed by atoms with Crippen LogP contribution in [-0.2, 0) is 9.53 Å². The van der Waals surface area contributed by atoms with E-state index >= 15 is 0 Å². The van der Waals surface area contributed by atoms with Crippen molar-refractivity contribution in [3.05, 3.63) is 0 Å². The smallest absolute Gasteiger partial charge is 0.248 e. The molecular weight excluding hydrogens is 300 g/mol. The van der Waals surface area contributed by atoms with E-state index in [4.69, 9.17) is 4.74 Å². The summed E-state index contributed by atoms with van der Waals surface area (Å²) in [6.07, 6.45) is 9.99. The van der Waals surface area contributed by atoms with E-state index in [1.54, 1.807) is 0 Å². The number of hydrogen-bond donors (Lipinski definition) is 1. The Bertz CT molecular complexity index is 368. The van der Waals surface area contributed by atoms with E-state index in [-0.39, 0.29) is 24.9 Å². The van der Waals surface area contributed by atoms with Gasteiger partial charge in [-0.3, -0.25) is 4.79 Å². The summed E-state index contributed by atoms with van der Waals surface area (Å²) in [5.41, 5.74) is 0. The van der Waals surface area contributed by atoms with Crippen LogP contribution in [0.5, 0.6) is 0 Å². The average Bonchev–Trinajstić information content (AvgIpc) is 2.83. The van der Waals surface area contributed by atoms with E-state index in [1.807, 2.05) is 11.9 Å². The molecule has 3 aliphatic rings. The number of halogens is 1. The quantitative estimate of drug-likeness (QED) is 0.861. The van der Waals surface area contributed by atoms with Crippen molar-refractivity contribution in [2.24, 2.45) is 5.92 Å². The van der Waals surface area contributed by atoms with Crippen molar-refractivity contribution in [3.63, 3.8) is 0 Å². The second kappa shape index (κ2) is 7.98. The van der Waals surface area contributed by atoms with E-state index in [0.717, 1.165) is 19.3 Å². The number of likely N-dealkylation sites (N-methyl/N-ethyl adjacent to an activating group) is 1. The Hall–Kier alpha value is -0.320. The highest BCUT2D eigenvalue weighted by molar-refractivity contribution is 5.85. The van der Waals surface area contributed by atoms with Gasteiger partial charge in [-0.15, -0.1) is 12.4 Å². The fourth-order valence-corrected chi connectivity index (χ4v) is 4.36. The lowest BCUT2D eigenvalue weighted by molar-refractivity contribution is -0.141. The highest BCUT2D eigenvalue weighted by Gasteiger charge is 2.36. The lowest BCUT2D eigenvalue weighted by atomic mass is 9.88. The monoisotopic (exact) mass is 330 g/mol. The van der Waals surface area contributed by atoms with Crippen LogP contribution < -0.4 is 5.32 Å². The van der Waals surface area contributed by atoms with Crippen LogP contribution in [0.3, 0.4) is 0 Å². The fraction of sp³-hybridized carbons (Fsp3) is 0.941. The fourth-order valence-electron chi connectivity index (χ4n) is 4.36. The molecular formula is C17H31ClN2O2. The van der Waals surface area contributed by atoms with Crippen LogP contribution in [0.15, 0.2) is 0 Å². The van der Waals surface area contributed by atoms with Gasteiger partial charge in [0.15, 0.2) is 0 Å². The first-order chi connectivity index (χ1) is 10.1. The summed E-state index contributed by atoms with van der Waals surface area (Å²) >= 11 is 0. The predicted octanol–water partition coefficient (Wildman–Crippen LogP) is 2.74. The van der Waals surface area contributed by atoms with Crippen LogP contribution in [0.2, 0.25) is 0 Å². The Labute approximate surface area is 140 Å². The summed E-state index contributed by atoms with van der Waals surface area (Å²) < 4.78 is 5.93. The van der Waals surface area contributed by atoms with Crippen molar-refractivity contribution >= 4 is 18.3 Å². The normalized spacial score (nSPS) is 37.5. The first-order valence-corrected chi connectivity index (χ1v) is 8.77. The third-order valence-electron chi connectivity index (χ3n) is 5.84. The molecule has 2 heterocycles. The highest BCUT2D eigenvalue weighted by Crippen LogP contribution is 2.30. The van der Waals surface area contributed by atoms with E-state index in [9.17, 15) is 4.79 Å². The standard InChI is InChI=1S/C17H30N2O2.ClH/c1-12-5-3-4-6-16(12)21-11-17(20)19(2)15-9-13-7-8-14(10-15)18-13;/h12-16,18H,3-11H2,1-2H3;1H. The van der Waals surface area contributed by atoms with Gasteiger partial charge < -0.3 is 15.0 Å². The van der Waals surface area contributed by atoms with Gasteiger partial charge in [0.05, 0.1) is 6.10 Å². The molecule has 0 aromatic rings. The molecule has 1 amide bonds. The van der Waals surface area contributed by atoms with Gasteiger partial charge in [0.2, 0.25) is 5.91 Å². The van der Waals surface area contributed by atoms with Crippen LogP contribution >= 0.6 is 12.4 Å². The predicted molar refractivity (Wildman–Crippen MR) is 90.4 cm³/mol. The Balaban J connectivity index is 0.00000176. The summed E-state index contributed by atoms with van der Waals surface area (Å²) in [5.74, 6) is 0.769. The molecule has 128 valence electrons. The highest BCUT2D eigenvalue weighted by atomic mass is 35.5. The van der Waals surface area contributed by atoms with Crippen molar-refractivity contribution in [1.82, 2.24) is 10.2 Å². The number of nitrogens with one attached hydrogen (secondary N) is 1. The maximum atomic E-state index is 12.4. The zero-order valence-electron chi connectivity index (χ0n) is 13.9. The number of amides is 1. The molecule has 4 atom stereocenters. The van der Waals surface area contributed by atoms with Crippen LogP contribution in [0, 0.1) is 5.92 Å². The lowest BCUT2D eigenvalue weighted by Crippen LogP contribution is -2.49. The van der Waals surface area contributed by atoms with Gasteiger partial charge in [-0.05, 0) is 44.4 Å². The van der Waals surface area contributed by atoms with Gasteiger partial charge in [-0.1, -0.05) is 19.8 Å². The number of piperidine rings is 1. The first kappa shape index (κ1) is 18.0. The molecule has 4 nitrogen and oxygen atoms in total. The third kappa shape index (κ3) is 4.15. The van der Waals surface area contributed by atoms with Gasteiger partial charge >= 0.3 is 0 Å². The van der Waals surface area contributed by atoms with Gasteiger partial charge in [0.25, 0.3) is 0 Å². The van der Waals surface area contributed by atoms with E-state index in [0.29, 0.717) is 30.1 Å². The Kier molecular flexibility index (Phi) is 6.54. The molecule has 0 aromatic heterocycles. The molecule has 2 saturated heterocycles. The molecule has 1 N–H and O–H groups in total. The topological polar surface area (TPSA) is 41.6 Å². The molecule has 4 unspecified atom stereocenters. The average molecular weight is 331 g/mol. The maximum absolute atomic E-state index is 12.4. The number of carbonyl (C=O) groups excluding carboxylic acids is 1. The number of hydrogen-bond acceptors (Lipinski definition) is 3. The van der Waals surface area contributed by atoms with Crippen molar-refractivity contribution in [3.8, 4) is 0 Å². The lowest BCUT2D eigenvalue weighted by Gasteiger charge is -2.36. The molecule has 2 bridgehead atoms.